The van der Waals surface area contributed by atoms with Crippen LogP contribution in [0.2, 0.25) is 0 Å². The minimum Gasteiger partial charge on any atom is -0.393 e. The molecule has 2 saturated carbocycles. The Morgan fingerprint density at radius 3 is 2.22 bits per heavy atom. The molecular weight excluding hydrogens is 114 g/mol. The van der Waals surface area contributed by atoms with E-state index in [4.69, 9.17) is 5.73 Å². The number of fused-ring (bicyclic) bond motifs is 2. The molecule has 2 unspecified atom stereocenters. The summed E-state index contributed by atoms with van der Waals surface area (Å²) in [5.41, 5.74) is 5.77. The molecule has 2 aliphatic rings. The highest BCUT2D eigenvalue weighted by molar-refractivity contribution is 4.97. The van der Waals surface area contributed by atoms with Gasteiger partial charge in [-0.1, -0.05) is 0 Å². The molecular formula is C7H13NO. The number of aliphatic hydroxyl groups is 1. The van der Waals surface area contributed by atoms with Crippen LogP contribution in [0.5, 0.6) is 0 Å². The third kappa shape index (κ3) is 0.700. The van der Waals surface area contributed by atoms with Crippen molar-refractivity contribution >= 4 is 0 Å². The van der Waals surface area contributed by atoms with Crippen molar-refractivity contribution in [2.45, 2.75) is 31.4 Å². The number of hydrogen-bond acceptors (Lipinski definition) is 2. The second-order valence-electron chi connectivity index (χ2n) is 3.46. The van der Waals surface area contributed by atoms with Crippen molar-refractivity contribution in [2.75, 3.05) is 0 Å². The first-order chi connectivity index (χ1) is 4.27. The Labute approximate surface area is 55.1 Å². The maximum Gasteiger partial charge on any atom is 0.0572 e. The second-order valence-corrected chi connectivity index (χ2v) is 3.46. The van der Waals surface area contributed by atoms with Crippen LogP contribution < -0.4 is 5.73 Å². The highest BCUT2D eigenvalue weighted by Crippen LogP contribution is 2.43. The van der Waals surface area contributed by atoms with Gasteiger partial charge in [0.1, 0.15) is 0 Å². The van der Waals surface area contributed by atoms with Gasteiger partial charge in [-0.3, -0.25) is 0 Å². The van der Waals surface area contributed by atoms with E-state index in [1.54, 1.807) is 0 Å². The minimum absolute atomic E-state index is 0.0187. The first-order valence-electron chi connectivity index (χ1n) is 3.71. The lowest BCUT2D eigenvalue weighted by Gasteiger charge is -2.20. The Morgan fingerprint density at radius 1 is 1.11 bits per heavy atom. The summed E-state index contributed by atoms with van der Waals surface area (Å²) in [6.07, 6.45) is 3.19. The molecule has 52 valence electrons. The summed E-state index contributed by atoms with van der Waals surface area (Å²) in [5, 5.41) is 9.28. The average molecular weight is 127 g/mol. The molecule has 2 fully saturated rings. The van der Waals surface area contributed by atoms with Gasteiger partial charge in [0.2, 0.25) is 0 Å². The summed E-state index contributed by atoms with van der Waals surface area (Å²) in [6.45, 7) is 0. The van der Waals surface area contributed by atoms with E-state index >= 15 is 0 Å². The zero-order valence-electron chi connectivity index (χ0n) is 5.46. The summed E-state index contributed by atoms with van der Waals surface area (Å²) in [7, 11) is 0. The van der Waals surface area contributed by atoms with Crippen molar-refractivity contribution in [3.05, 3.63) is 0 Å². The van der Waals surface area contributed by atoms with Gasteiger partial charge in [-0.2, -0.15) is 0 Å². The fraction of sp³-hybridized carbons (Fsp3) is 1.00. The average Bonchev–Trinajstić information content (AvgIpc) is 2.24. The third-order valence-corrected chi connectivity index (χ3v) is 2.87. The molecule has 4 atom stereocenters. The zero-order chi connectivity index (χ0) is 6.43. The topological polar surface area (TPSA) is 46.2 Å². The van der Waals surface area contributed by atoms with Crippen LogP contribution in [0.15, 0.2) is 0 Å². The highest BCUT2D eigenvalue weighted by atomic mass is 16.3. The van der Waals surface area contributed by atoms with E-state index in [-0.39, 0.29) is 6.10 Å². The summed E-state index contributed by atoms with van der Waals surface area (Å²) in [5.74, 6) is 1.19. The van der Waals surface area contributed by atoms with Crippen LogP contribution in [0.25, 0.3) is 0 Å². The standard InChI is InChI=1S/C7H13NO/c8-6-2-5-1-4(6)3-7(5)9/h4-7,9H,1-3,8H2/t4-,5-,6?,7?/m1/s1. The molecule has 2 heteroatoms. The van der Waals surface area contributed by atoms with Gasteiger partial charge in [-0.25, -0.2) is 0 Å². The molecule has 2 bridgehead atoms. The van der Waals surface area contributed by atoms with Crippen molar-refractivity contribution in [1.82, 2.24) is 0 Å². The quantitative estimate of drug-likeness (QED) is 0.485. The van der Waals surface area contributed by atoms with Gasteiger partial charge < -0.3 is 10.8 Å². The minimum atomic E-state index is -0.0187. The van der Waals surface area contributed by atoms with Crippen LogP contribution in [-0.4, -0.2) is 17.3 Å². The molecule has 0 aromatic carbocycles. The number of hydrogen-bond donors (Lipinski definition) is 2. The zero-order valence-corrected chi connectivity index (χ0v) is 5.46. The monoisotopic (exact) mass is 127 g/mol. The molecule has 2 rings (SSSR count). The lowest BCUT2D eigenvalue weighted by atomic mass is 9.94. The van der Waals surface area contributed by atoms with Crippen molar-refractivity contribution < 1.29 is 5.11 Å². The Bertz CT molecular complexity index is 108. The van der Waals surface area contributed by atoms with E-state index in [1.807, 2.05) is 0 Å². The van der Waals surface area contributed by atoms with Crippen molar-refractivity contribution in [1.29, 1.82) is 0 Å². The van der Waals surface area contributed by atoms with Gasteiger partial charge in [0, 0.05) is 6.04 Å². The lowest BCUT2D eigenvalue weighted by molar-refractivity contribution is 0.108. The first-order valence-corrected chi connectivity index (χ1v) is 3.71. The third-order valence-electron chi connectivity index (χ3n) is 2.87. The normalized spacial score (nSPS) is 56.7. The molecule has 0 aromatic heterocycles. The van der Waals surface area contributed by atoms with Crippen molar-refractivity contribution in [3.8, 4) is 0 Å². The molecule has 0 radical (unpaired) electrons. The van der Waals surface area contributed by atoms with Crippen LogP contribution in [0.1, 0.15) is 19.3 Å². The molecule has 0 spiro atoms. The Hall–Kier alpha value is -0.0800. The first kappa shape index (κ1) is 5.69. The largest absolute Gasteiger partial charge is 0.393 e. The molecule has 0 aromatic rings. The van der Waals surface area contributed by atoms with Gasteiger partial charge in [0.25, 0.3) is 0 Å². The summed E-state index contributed by atoms with van der Waals surface area (Å²) >= 11 is 0. The van der Waals surface area contributed by atoms with Crippen molar-refractivity contribution in [3.63, 3.8) is 0 Å². The van der Waals surface area contributed by atoms with E-state index < -0.39 is 0 Å². The maximum atomic E-state index is 9.28. The van der Waals surface area contributed by atoms with E-state index in [2.05, 4.69) is 0 Å². The predicted octanol–water partition coefficient (Wildman–Crippen LogP) is 0.104. The van der Waals surface area contributed by atoms with E-state index in [9.17, 15) is 5.11 Å². The fourth-order valence-corrected chi connectivity index (χ4v) is 2.29. The van der Waals surface area contributed by atoms with Crippen LogP contribution >= 0.6 is 0 Å². The highest BCUT2D eigenvalue weighted by Gasteiger charge is 2.43. The van der Waals surface area contributed by atoms with Gasteiger partial charge in [0.15, 0.2) is 0 Å². The Balaban J connectivity index is 2.10. The van der Waals surface area contributed by atoms with Crippen molar-refractivity contribution in [2.24, 2.45) is 17.6 Å². The van der Waals surface area contributed by atoms with E-state index in [1.165, 1.54) is 6.42 Å². The van der Waals surface area contributed by atoms with Gasteiger partial charge in [0.05, 0.1) is 6.10 Å². The summed E-state index contributed by atoms with van der Waals surface area (Å²) < 4.78 is 0. The molecule has 3 N–H and O–H groups in total. The molecule has 0 heterocycles. The maximum absolute atomic E-state index is 9.28. The smallest absolute Gasteiger partial charge is 0.0572 e. The molecule has 0 aliphatic heterocycles. The van der Waals surface area contributed by atoms with E-state index in [0.717, 1.165) is 12.8 Å². The van der Waals surface area contributed by atoms with Gasteiger partial charge in [-0.15, -0.1) is 0 Å². The molecule has 9 heavy (non-hydrogen) atoms. The molecule has 0 amide bonds. The number of aliphatic hydroxyl groups excluding tert-OH is 1. The van der Waals surface area contributed by atoms with Crippen LogP contribution in [0.4, 0.5) is 0 Å². The van der Waals surface area contributed by atoms with E-state index in [0.29, 0.717) is 17.9 Å². The molecule has 2 aliphatic carbocycles. The lowest BCUT2D eigenvalue weighted by Crippen LogP contribution is -2.31. The van der Waals surface area contributed by atoms with Crippen LogP contribution in [-0.2, 0) is 0 Å². The SMILES string of the molecule is NC1C[C@H]2C[C@@H]1CC2O. The number of rotatable bonds is 0. The predicted molar refractivity (Wildman–Crippen MR) is 34.8 cm³/mol. The van der Waals surface area contributed by atoms with Crippen LogP contribution in [0, 0.1) is 11.8 Å². The molecule has 0 saturated heterocycles. The summed E-state index contributed by atoms with van der Waals surface area (Å²) in [4.78, 5) is 0. The van der Waals surface area contributed by atoms with Gasteiger partial charge >= 0.3 is 0 Å². The van der Waals surface area contributed by atoms with Gasteiger partial charge in [-0.05, 0) is 31.1 Å². The van der Waals surface area contributed by atoms with Crippen LogP contribution in [0.3, 0.4) is 0 Å². The fourth-order valence-electron chi connectivity index (χ4n) is 2.29. The summed E-state index contributed by atoms with van der Waals surface area (Å²) in [6, 6.07) is 0.401. The molecule has 2 nitrogen and oxygen atoms in total. The second kappa shape index (κ2) is 1.70. The number of nitrogens with two attached hydrogens (primary N) is 1. The Kier molecular flexibility index (Phi) is 1.08. The Morgan fingerprint density at radius 2 is 1.89 bits per heavy atom.